The van der Waals surface area contributed by atoms with E-state index in [1.165, 1.54) is 0 Å². The molecule has 2 aromatic rings. The van der Waals surface area contributed by atoms with Gasteiger partial charge < -0.3 is 19.4 Å². The molecule has 0 aliphatic heterocycles. The summed E-state index contributed by atoms with van der Waals surface area (Å²) in [5, 5.41) is 3.39. The van der Waals surface area contributed by atoms with Crippen molar-refractivity contribution in [2.75, 3.05) is 20.8 Å². The van der Waals surface area contributed by atoms with Crippen LogP contribution >= 0.6 is 15.9 Å². The Morgan fingerprint density at radius 1 is 1.25 bits per heavy atom. The highest BCUT2D eigenvalue weighted by Crippen LogP contribution is 2.33. The van der Waals surface area contributed by atoms with Crippen molar-refractivity contribution in [2.24, 2.45) is 0 Å². The van der Waals surface area contributed by atoms with Crippen LogP contribution in [0.15, 0.2) is 35.3 Å². The van der Waals surface area contributed by atoms with Gasteiger partial charge in [-0.2, -0.15) is 0 Å². The second-order valence-corrected chi connectivity index (χ2v) is 5.13. The predicted molar refractivity (Wildman–Crippen MR) is 81.2 cm³/mol. The summed E-state index contributed by atoms with van der Waals surface area (Å²) in [5.74, 6) is 1.46. The predicted octanol–water partition coefficient (Wildman–Crippen LogP) is 2.45. The second-order valence-electron chi connectivity index (χ2n) is 4.28. The molecular weight excluding hydrogens is 322 g/mol. The summed E-state index contributed by atoms with van der Waals surface area (Å²) in [6.45, 7) is 2.53. The molecule has 0 aliphatic rings. The van der Waals surface area contributed by atoms with Crippen molar-refractivity contribution in [3.63, 3.8) is 0 Å². The van der Waals surface area contributed by atoms with Gasteiger partial charge in [0.1, 0.15) is 0 Å². The number of hydrogen-bond donors (Lipinski definition) is 1. The summed E-state index contributed by atoms with van der Waals surface area (Å²) in [4.78, 5) is 4.01. The van der Waals surface area contributed by atoms with Gasteiger partial charge in [0.05, 0.1) is 20.5 Å². The largest absolute Gasteiger partial charge is 0.493 e. The van der Waals surface area contributed by atoms with E-state index in [4.69, 9.17) is 9.47 Å². The molecule has 1 aromatic heterocycles. The van der Waals surface area contributed by atoms with E-state index >= 15 is 0 Å². The second kappa shape index (κ2) is 7.31. The Morgan fingerprint density at radius 3 is 2.65 bits per heavy atom. The molecular formula is C14H18BrN3O2. The van der Waals surface area contributed by atoms with Crippen LogP contribution in [0.5, 0.6) is 11.5 Å². The van der Waals surface area contributed by atoms with Crippen LogP contribution in [0.25, 0.3) is 0 Å². The molecule has 0 spiro atoms. The van der Waals surface area contributed by atoms with Crippen molar-refractivity contribution in [1.29, 1.82) is 0 Å². The summed E-state index contributed by atoms with van der Waals surface area (Å²) in [7, 11) is 3.27. The molecule has 0 radical (unpaired) electrons. The number of aromatic nitrogens is 2. The topological polar surface area (TPSA) is 48.3 Å². The Kier molecular flexibility index (Phi) is 5.43. The first-order valence-electron chi connectivity index (χ1n) is 6.31. The number of nitrogens with zero attached hydrogens (tertiary/aromatic N) is 2. The van der Waals surface area contributed by atoms with Crippen molar-refractivity contribution in [3.8, 4) is 11.5 Å². The highest BCUT2D eigenvalue weighted by molar-refractivity contribution is 9.10. The van der Waals surface area contributed by atoms with Crippen molar-refractivity contribution < 1.29 is 9.47 Å². The van der Waals surface area contributed by atoms with Crippen molar-refractivity contribution in [2.45, 2.75) is 13.1 Å². The molecule has 0 unspecified atom stereocenters. The Bertz CT molecular complexity index is 544. The first-order chi connectivity index (χ1) is 9.74. The van der Waals surface area contributed by atoms with E-state index in [9.17, 15) is 0 Å². The summed E-state index contributed by atoms with van der Waals surface area (Å²) < 4.78 is 13.6. The normalized spacial score (nSPS) is 10.6. The molecule has 0 aliphatic carbocycles. The minimum absolute atomic E-state index is 0.724. The Labute approximate surface area is 127 Å². The minimum Gasteiger partial charge on any atom is -0.493 e. The molecule has 0 saturated carbocycles. The third-order valence-electron chi connectivity index (χ3n) is 2.97. The zero-order valence-electron chi connectivity index (χ0n) is 11.6. The first kappa shape index (κ1) is 14.9. The van der Waals surface area contributed by atoms with Crippen LogP contribution < -0.4 is 14.8 Å². The van der Waals surface area contributed by atoms with Gasteiger partial charge in [0, 0.05) is 36.5 Å². The summed E-state index contributed by atoms with van der Waals surface area (Å²) in [6.07, 6.45) is 5.55. The van der Waals surface area contributed by atoms with Gasteiger partial charge in [0.25, 0.3) is 0 Å². The van der Waals surface area contributed by atoms with Gasteiger partial charge in [-0.1, -0.05) is 15.9 Å². The Hall–Kier alpha value is -1.53. The van der Waals surface area contributed by atoms with E-state index in [0.29, 0.717) is 0 Å². The molecule has 0 bridgehead atoms. The number of imidazole rings is 1. The molecule has 2 rings (SSSR count). The maximum atomic E-state index is 5.31. The van der Waals surface area contributed by atoms with Crippen LogP contribution in [-0.4, -0.2) is 30.3 Å². The number of rotatable bonds is 7. The van der Waals surface area contributed by atoms with Gasteiger partial charge in [-0.15, -0.1) is 0 Å². The van der Waals surface area contributed by atoms with Gasteiger partial charge in [0.15, 0.2) is 11.5 Å². The quantitative estimate of drug-likeness (QED) is 0.787. The standard InChI is InChI=1S/C14H18BrN3O2/c1-19-13-7-11(12(15)8-14(13)20-2)9-16-3-5-18-6-4-17-10-18/h4,6-8,10,16H,3,5,9H2,1-2H3. The fourth-order valence-corrected chi connectivity index (χ4v) is 2.34. The van der Waals surface area contributed by atoms with Gasteiger partial charge in [-0.3, -0.25) is 0 Å². The molecule has 5 nitrogen and oxygen atoms in total. The van der Waals surface area contributed by atoms with Crippen LogP contribution in [0.4, 0.5) is 0 Å². The Morgan fingerprint density at radius 2 is 2.00 bits per heavy atom. The average molecular weight is 340 g/mol. The van der Waals surface area contributed by atoms with Crippen LogP contribution in [-0.2, 0) is 13.1 Å². The molecule has 0 amide bonds. The lowest BCUT2D eigenvalue weighted by atomic mass is 10.2. The third-order valence-corrected chi connectivity index (χ3v) is 3.71. The van der Waals surface area contributed by atoms with Gasteiger partial charge in [-0.25, -0.2) is 4.98 Å². The average Bonchev–Trinajstić information content (AvgIpc) is 2.97. The monoisotopic (exact) mass is 339 g/mol. The zero-order valence-corrected chi connectivity index (χ0v) is 13.2. The number of benzene rings is 1. The molecule has 1 N–H and O–H groups in total. The molecule has 1 heterocycles. The van der Waals surface area contributed by atoms with Crippen molar-refractivity contribution in [1.82, 2.24) is 14.9 Å². The van der Waals surface area contributed by atoms with E-state index in [-0.39, 0.29) is 0 Å². The highest BCUT2D eigenvalue weighted by atomic mass is 79.9. The number of nitrogens with one attached hydrogen (secondary N) is 1. The summed E-state index contributed by atoms with van der Waals surface area (Å²) in [5.41, 5.74) is 1.13. The van der Waals surface area contributed by atoms with Crippen LogP contribution in [0.3, 0.4) is 0 Å². The smallest absolute Gasteiger partial charge is 0.161 e. The molecule has 108 valence electrons. The minimum atomic E-state index is 0.724. The number of methoxy groups -OCH3 is 2. The SMILES string of the molecule is COc1cc(Br)c(CNCCn2ccnc2)cc1OC. The molecule has 6 heteroatoms. The Balaban J connectivity index is 1.92. The number of halogens is 1. The molecule has 1 aromatic carbocycles. The maximum Gasteiger partial charge on any atom is 0.161 e. The highest BCUT2D eigenvalue weighted by Gasteiger charge is 2.09. The molecule has 0 saturated heterocycles. The molecule has 0 fully saturated rings. The van der Waals surface area contributed by atoms with Gasteiger partial charge in [-0.05, 0) is 17.7 Å². The summed E-state index contributed by atoms with van der Waals surface area (Å²) in [6, 6.07) is 3.90. The van der Waals surface area contributed by atoms with Gasteiger partial charge >= 0.3 is 0 Å². The van der Waals surface area contributed by atoms with E-state index in [2.05, 4.69) is 26.2 Å². The lowest BCUT2D eigenvalue weighted by Crippen LogP contribution is -2.19. The van der Waals surface area contributed by atoms with Crippen LogP contribution in [0.1, 0.15) is 5.56 Å². The third kappa shape index (κ3) is 3.74. The van der Waals surface area contributed by atoms with E-state index < -0.39 is 0 Å². The summed E-state index contributed by atoms with van der Waals surface area (Å²) >= 11 is 3.55. The molecule has 0 atom stereocenters. The van der Waals surface area contributed by atoms with E-state index in [0.717, 1.165) is 41.2 Å². The van der Waals surface area contributed by atoms with Crippen LogP contribution in [0.2, 0.25) is 0 Å². The van der Waals surface area contributed by atoms with Crippen molar-refractivity contribution in [3.05, 3.63) is 40.9 Å². The maximum absolute atomic E-state index is 5.31. The first-order valence-corrected chi connectivity index (χ1v) is 7.10. The van der Waals surface area contributed by atoms with Crippen molar-refractivity contribution >= 4 is 15.9 Å². The fraction of sp³-hybridized carbons (Fsp3) is 0.357. The zero-order chi connectivity index (χ0) is 14.4. The number of hydrogen-bond acceptors (Lipinski definition) is 4. The number of ether oxygens (including phenoxy) is 2. The fourth-order valence-electron chi connectivity index (χ4n) is 1.88. The van der Waals surface area contributed by atoms with Gasteiger partial charge in [0.2, 0.25) is 0 Å². The van der Waals surface area contributed by atoms with E-state index in [1.54, 1.807) is 20.4 Å². The van der Waals surface area contributed by atoms with E-state index in [1.807, 2.05) is 29.2 Å². The molecule has 20 heavy (non-hydrogen) atoms. The van der Waals surface area contributed by atoms with Crippen LogP contribution in [0, 0.1) is 0 Å². The lowest BCUT2D eigenvalue weighted by Gasteiger charge is -2.12. The lowest BCUT2D eigenvalue weighted by molar-refractivity contribution is 0.354.